The van der Waals surface area contributed by atoms with Gasteiger partial charge in [-0.3, -0.25) is 0 Å². The molecule has 0 bridgehead atoms. The van der Waals surface area contributed by atoms with Gasteiger partial charge < -0.3 is 0 Å². The molecule has 2 heterocycles. The van der Waals surface area contributed by atoms with Crippen LogP contribution in [0, 0.1) is 22.7 Å². The second-order valence-electron chi connectivity index (χ2n) is 10.4. The maximum Gasteiger partial charge on any atom is 0.204 e. The number of nitriles is 2. The molecule has 0 amide bonds. The summed E-state index contributed by atoms with van der Waals surface area (Å²) in [6.07, 6.45) is 0.178. The van der Waals surface area contributed by atoms with Gasteiger partial charge in [-0.15, -0.1) is 0 Å². The molecule has 2 aliphatic rings. The first-order chi connectivity index (χ1) is 21.2. The Morgan fingerprint density at radius 1 is 0.545 bits per heavy atom. The lowest BCUT2D eigenvalue weighted by molar-refractivity contribution is 0.600. The predicted octanol–water partition coefficient (Wildman–Crippen LogP) is 7.88. The van der Waals surface area contributed by atoms with Crippen molar-refractivity contribution < 1.29 is 16.8 Å². The van der Waals surface area contributed by atoms with Crippen LogP contribution in [0.25, 0.3) is 33.4 Å². The Balaban J connectivity index is 1.61. The van der Waals surface area contributed by atoms with E-state index in [4.69, 9.17) is 0 Å². The minimum absolute atomic E-state index is 0.0289. The third-order valence-electron chi connectivity index (χ3n) is 8.12. The van der Waals surface area contributed by atoms with Crippen LogP contribution in [0.1, 0.15) is 37.8 Å². The van der Waals surface area contributed by atoms with Crippen LogP contribution >= 0.6 is 0 Å². The third kappa shape index (κ3) is 4.34. The summed E-state index contributed by atoms with van der Waals surface area (Å²) in [5.74, 6) is 0. The van der Waals surface area contributed by atoms with Crippen LogP contribution < -0.4 is 0 Å². The highest BCUT2D eigenvalue weighted by atomic mass is 32.2. The molecular weight excluding hydrogens is 589 g/mol. The number of allylic oxidation sites excluding steroid dienone is 6. The van der Waals surface area contributed by atoms with Crippen LogP contribution in [0.15, 0.2) is 128 Å². The molecule has 2 aliphatic heterocycles. The van der Waals surface area contributed by atoms with E-state index < -0.39 is 19.7 Å². The first-order valence-corrected chi connectivity index (χ1v) is 17.1. The monoisotopic (exact) mass is 614 g/mol. The summed E-state index contributed by atoms with van der Waals surface area (Å²) in [5.41, 5.74) is 3.71. The zero-order valence-corrected chi connectivity index (χ0v) is 25.6. The van der Waals surface area contributed by atoms with Gasteiger partial charge in [0.25, 0.3) is 0 Å². The normalized spacial score (nSPS) is 16.5. The van der Waals surface area contributed by atoms with Crippen LogP contribution in [-0.4, -0.2) is 16.8 Å². The smallest absolute Gasteiger partial charge is 0.204 e. The first kappa shape index (κ1) is 29.1. The Labute approximate surface area is 257 Å². The van der Waals surface area contributed by atoms with Gasteiger partial charge in [-0.25, -0.2) is 16.8 Å². The van der Waals surface area contributed by atoms with Crippen LogP contribution in [0.5, 0.6) is 0 Å². The highest BCUT2D eigenvalue weighted by Gasteiger charge is 2.41. The van der Waals surface area contributed by atoms with E-state index in [2.05, 4.69) is 12.1 Å². The SMILES string of the molecule is CCC1=C(/C(C#N)=C(/C#N)C2=C(CC)S(=O)(=O)c3cc(-c4ccccc4)ccc32)c2ccc(-c3ccccc3)cc2S1(=O)=O. The molecule has 0 radical (unpaired) electrons. The Morgan fingerprint density at radius 2 is 0.909 bits per heavy atom. The molecule has 0 N–H and O–H groups in total. The van der Waals surface area contributed by atoms with Crippen molar-refractivity contribution in [3.05, 3.63) is 129 Å². The molecule has 6 rings (SSSR count). The van der Waals surface area contributed by atoms with Gasteiger partial charge in [-0.2, -0.15) is 10.5 Å². The minimum atomic E-state index is -3.98. The van der Waals surface area contributed by atoms with E-state index in [9.17, 15) is 27.4 Å². The molecule has 4 aromatic carbocycles. The van der Waals surface area contributed by atoms with E-state index in [1.807, 2.05) is 60.7 Å². The molecule has 8 heteroatoms. The topological polar surface area (TPSA) is 116 Å². The van der Waals surface area contributed by atoms with Gasteiger partial charge in [0.15, 0.2) is 0 Å². The highest BCUT2D eigenvalue weighted by molar-refractivity contribution is 7.96. The van der Waals surface area contributed by atoms with E-state index >= 15 is 0 Å². The molecule has 0 atom stereocenters. The number of hydrogen-bond acceptors (Lipinski definition) is 6. The molecule has 0 unspecified atom stereocenters. The zero-order chi connectivity index (χ0) is 31.2. The molecule has 0 fully saturated rings. The second kappa shape index (κ2) is 10.9. The fraction of sp³-hybridized carbons (Fsp3) is 0.111. The Hall–Kier alpha value is -5.02. The van der Waals surface area contributed by atoms with Crippen molar-refractivity contribution in [2.24, 2.45) is 0 Å². The highest BCUT2D eigenvalue weighted by Crippen LogP contribution is 2.50. The quantitative estimate of drug-likeness (QED) is 0.204. The zero-order valence-electron chi connectivity index (χ0n) is 24.0. The summed E-state index contributed by atoms with van der Waals surface area (Å²) in [4.78, 5) is 0.182. The molecule has 0 saturated carbocycles. The molecule has 216 valence electrons. The van der Waals surface area contributed by atoms with E-state index in [1.165, 1.54) is 0 Å². The lowest BCUT2D eigenvalue weighted by atomic mass is 9.87. The van der Waals surface area contributed by atoms with Crippen molar-refractivity contribution in [3.63, 3.8) is 0 Å². The van der Waals surface area contributed by atoms with Crippen LogP contribution in [0.3, 0.4) is 0 Å². The van der Waals surface area contributed by atoms with Gasteiger partial charge in [0.05, 0.1) is 30.7 Å². The summed E-state index contributed by atoms with van der Waals surface area (Å²) in [5, 5.41) is 21.1. The van der Waals surface area contributed by atoms with E-state index in [1.54, 1.807) is 50.2 Å². The summed E-state index contributed by atoms with van der Waals surface area (Å²) >= 11 is 0. The lowest BCUT2D eigenvalue weighted by Gasteiger charge is -2.12. The lowest BCUT2D eigenvalue weighted by Crippen LogP contribution is -2.01. The van der Waals surface area contributed by atoms with Crippen LogP contribution in [0.2, 0.25) is 0 Å². The molecule has 6 nitrogen and oxygen atoms in total. The molecule has 0 aliphatic carbocycles. The number of nitrogens with zero attached hydrogens (tertiary/aromatic N) is 2. The molecule has 0 aromatic heterocycles. The molecule has 44 heavy (non-hydrogen) atoms. The number of sulfone groups is 2. The molecular formula is C36H26N2O4S2. The summed E-state index contributed by atoms with van der Waals surface area (Å²) in [7, 11) is -7.97. The first-order valence-electron chi connectivity index (χ1n) is 14.1. The number of hydrogen-bond donors (Lipinski definition) is 0. The van der Waals surface area contributed by atoms with Gasteiger partial charge in [-0.1, -0.05) is 98.8 Å². The number of benzene rings is 4. The maximum atomic E-state index is 13.9. The number of rotatable bonds is 6. The van der Waals surface area contributed by atoms with Crippen LogP contribution in [0.4, 0.5) is 0 Å². The largest absolute Gasteiger partial charge is 0.219 e. The Bertz CT molecular complexity index is 2100. The Kier molecular flexibility index (Phi) is 7.21. The molecule has 0 saturated heterocycles. The molecule has 0 spiro atoms. The minimum Gasteiger partial charge on any atom is -0.219 e. The van der Waals surface area contributed by atoms with E-state index in [0.717, 1.165) is 11.1 Å². The number of fused-ring (bicyclic) bond motifs is 2. The Morgan fingerprint density at radius 3 is 1.23 bits per heavy atom. The van der Waals surface area contributed by atoms with Crippen molar-refractivity contribution >= 4 is 30.8 Å². The van der Waals surface area contributed by atoms with E-state index in [0.29, 0.717) is 22.3 Å². The average molecular weight is 615 g/mol. The predicted molar refractivity (Wildman–Crippen MR) is 171 cm³/mol. The fourth-order valence-electron chi connectivity index (χ4n) is 6.11. The third-order valence-corrected chi connectivity index (χ3v) is 12.2. The summed E-state index contributed by atoms with van der Waals surface area (Å²) in [6.45, 7) is 3.38. The summed E-state index contributed by atoms with van der Waals surface area (Å²) in [6, 6.07) is 33.1. The van der Waals surface area contributed by atoms with Gasteiger partial charge in [-0.05, 0) is 47.2 Å². The van der Waals surface area contributed by atoms with Gasteiger partial charge >= 0.3 is 0 Å². The van der Waals surface area contributed by atoms with E-state index in [-0.39, 0.29) is 54.7 Å². The van der Waals surface area contributed by atoms with Crippen molar-refractivity contribution in [1.82, 2.24) is 0 Å². The van der Waals surface area contributed by atoms with Crippen molar-refractivity contribution in [2.75, 3.05) is 0 Å². The maximum absolute atomic E-state index is 13.9. The molecule has 4 aromatic rings. The fourth-order valence-corrected chi connectivity index (χ4v) is 9.85. The standard InChI is InChI=1S/C36H26N2O4S2/c1-3-31-35(27-17-15-25(19-33(27)43(31,39)40)23-11-7-5-8-12-23)29(21-37)30(22-38)36-28-18-16-26(24-13-9-6-10-14-24)20-34(28)44(41,42)32(36)4-2/h5-20H,3-4H2,1-2H3/b30-29-. The second-order valence-corrected chi connectivity index (χ2v) is 14.3. The average Bonchev–Trinajstić information content (AvgIpc) is 3.41. The van der Waals surface area contributed by atoms with Gasteiger partial charge in [0.2, 0.25) is 19.7 Å². The summed E-state index contributed by atoms with van der Waals surface area (Å²) < 4.78 is 55.5. The van der Waals surface area contributed by atoms with Gasteiger partial charge in [0.1, 0.15) is 12.1 Å². The van der Waals surface area contributed by atoms with Crippen LogP contribution in [-0.2, 0) is 19.7 Å². The van der Waals surface area contributed by atoms with Crippen molar-refractivity contribution in [1.29, 1.82) is 10.5 Å². The van der Waals surface area contributed by atoms with Crippen molar-refractivity contribution in [2.45, 2.75) is 36.5 Å². The van der Waals surface area contributed by atoms with Gasteiger partial charge in [0, 0.05) is 22.3 Å². The van der Waals surface area contributed by atoms with Crippen molar-refractivity contribution in [3.8, 4) is 34.4 Å².